The fourth-order valence-electron chi connectivity index (χ4n) is 7.25. The molecule has 0 amide bonds. The number of thiophene rings is 2. The lowest BCUT2D eigenvalue weighted by atomic mass is 9.95. The molecule has 0 fully saturated rings. The molecular weight excluding hydrogens is 617 g/mol. The van der Waals surface area contributed by atoms with Crippen LogP contribution in [-0.4, -0.2) is 0 Å². The summed E-state index contributed by atoms with van der Waals surface area (Å²) in [5.74, 6) is 0. The van der Waals surface area contributed by atoms with E-state index in [1.807, 2.05) is 22.7 Å². The van der Waals surface area contributed by atoms with Crippen molar-refractivity contribution in [3.8, 4) is 43.1 Å². The van der Waals surface area contributed by atoms with Crippen molar-refractivity contribution in [1.29, 1.82) is 0 Å². The molecule has 0 saturated carbocycles. The van der Waals surface area contributed by atoms with E-state index < -0.39 is 0 Å². The van der Waals surface area contributed by atoms with Gasteiger partial charge in [-0.15, -0.1) is 22.7 Å². The third kappa shape index (κ3) is 4.49. The van der Waals surface area contributed by atoms with Gasteiger partial charge in [0, 0.05) is 29.9 Å². The minimum absolute atomic E-state index is 1.25. The molecule has 2 heterocycles. The highest BCUT2D eigenvalue weighted by molar-refractivity contribution is 7.23. The number of rotatable bonds is 4. The molecule has 0 aliphatic carbocycles. The largest absolute Gasteiger partial charge is 0.135 e. The Bertz CT molecular complexity index is 2590. The van der Waals surface area contributed by atoms with E-state index in [0.717, 1.165) is 0 Å². The summed E-state index contributed by atoms with van der Waals surface area (Å²) in [5.41, 5.74) is 7.53. The minimum Gasteiger partial charge on any atom is -0.135 e. The molecule has 2 aromatic heterocycles. The van der Waals surface area contributed by atoms with Crippen LogP contribution < -0.4 is 0 Å². The summed E-state index contributed by atoms with van der Waals surface area (Å²) < 4.78 is 2.68. The van der Waals surface area contributed by atoms with Crippen LogP contribution in [0, 0.1) is 0 Å². The molecule has 0 bridgehead atoms. The summed E-state index contributed by atoms with van der Waals surface area (Å²) in [6.45, 7) is 0. The van der Waals surface area contributed by atoms with E-state index in [1.54, 1.807) is 0 Å². The number of fused-ring (bicyclic) bond motifs is 9. The molecule has 0 atom stereocenters. The van der Waals surface area contributed by atoms with Crippen LogP contribution in [-0.2, 0) is 0 Å². The first-order valence-corrected chi connectivity index (χ1v) is 18.0. The first kappa shape index (κ1) is 27.6. The normalized spacial score (nSPS) is 11.8. The summed E-state index contributed by atoms with van der Waals surface area (Å²) in [6.07, 6.45) is 0. The van der Waals surface area contributed by atoms with Crippen molar-refractivity contribution < 1.29 is 0 Å². The van der Waals surface area contributed by atoms with Crippen molar-refractivity contribution in [2.24, 2.45) is 0 Å². The molecule has 0 aliphatic heterocycles. The van der Waals surface area contributed by atoms with E-state index in [-0.39, 0.29) is 0 Å². The third-order valence-corrected chi connectivity index (χ3v) is 12.1. The SMILES string of the molecule is c1ccc(-c2ccc(-c3cc4c(ccc5c4ccc4c5ccc5c4ccc4cc(-c6ccc(-c7ccccc7)cc6)sc45)s3)cc2)cc1. The van der Waals surface area contributed by atoms with Crippen molar-refractivity contribution in [2.75, 3.05) is 0 Å². The molecule has 0 N–H and O–H groups in total. The van der Waals surface area contributed by atoms with Gasteiger partial charge < -0.3 is 0 Å². The van der Waals surface area contributed by atoms with Crippen LogP contribution in [0.5, 0.6) is 0 Å². The van der Waals surface area contributed by atoms with Gasteiger partial charge in [0.05, 0.1) is 0 Å². The molecule has 48 heavy (non-hydrogen) atoms. The highest BCUT2D eigenvalue weighted by Gasteiger charge is 2.14. The maximum Gasteiger partial charge on any atom is 0.0428 e. The predicted molar refractivity (Wildman–Crippen MR) is 211 cm³/mol. The van der Waals surface area contributed by atoms with Gasteiger partial charge in [-0.3, -0.25) is 0 Å². The molecule has 0 nitrogen and oxygen atoms in total. The first-order valence-electron chi connectivity index (χ1n) is 16.3. The summed E-state index contributed by atoms with van der Waals surface area (Å²) in [6, 6.07) is 62.5. The average molecular weight is 645 g/mol. The van der Waals surface area contributed by atoms with Gasteiger partial charge in [-0.2, -0.15) is 0 Å². The molecule has 0 aliphatic rings. The molecule has 0 radical (unpaired) electrons. The number of hydrogen-bond donors (Lipinski definition) is 0. The Balaban J connectivity index is 1.04. The zero-order valence-electron chi connectivity index (χ0n) is 26.0. The van der Waals surface area contributed by atoms with Gasteiger partial charge in [0.25, 0.3) is 0 Å². The Morgan fingerprint density at radius 1 is 0.271 bits per heavy atom. The van der Waals surface area contributed by atoms with Gasteiger partial charge in [0.2, 0.25) is 0 Å². The molecule has 0 spiro atoms. The minimum atomic E-state index is 1.25. The van der Waals surface area contributed by atoms with Gasteiger partial charge in [0.15, 0.2) is 0 Å². The monoisotopic (exact) mass is 644 g/mol. The maximum absolute atomic E-state index is 2.38. The Hall–Kier alpha value is -5.54. The van der Waals surface area contributed by atoms with Crippen LogP contribution in [0.15, 0.2) is 170 Å². The molecule has 0 saturated heterocycles. The summed E-state index contributed by atoms with van der Waals surface area (Å²) in [4.78, 5) is 2.61. The lowest BCUT2D eigenvalue weighted by molar-refractivity contribution is 1.62. The van der Waals surface area contributed by atoms with Crippen molar-refractivity contribution in [2.45, 2.75) is 0 Å². The highest BCUT2D eigenvalue weighted by atomic mass is 32.1. The van der Waals surface area contributed by atoms with Crippen LogP contribution in [0.4, 0.5) is 0 Å². The molecular formula is C46H28S2. The summed E-state index contributed by atoms with van der Waals surface area (Å²) in [7, 11) is 0. The lowest BCUT2D eigenvalue weighted by Gasteiger charge is -2.09. The number of benzene rings is 8. The van der Waals surface area contributed by atoms with Gasteiger partial charge in [0.1, 0.15) is 0 Å². The zero-order valence-corrected chi connectivity index (χ0v) is 27.6. The van der Waals surface area contributed by atoms with Crippen LogP contribution in [0.2, 0.25) is 0 Å². The van der Waals surface area contributed by atoms with Gasteiger partial charge in [-0.1, -0.05) is 152 Å². The lowest BCUT2D eigenvalue weighted by Crippen LogP contribution is -1.81. The van der Waals surface area contributed by atoms with E-state index in [0.29, 0.717) is 0 Å². The maximum atomic E-state index is 2.38. The summed E-state index contributed by atoms with van der Waals surface area (Å²) >= 11 is 3.77. The van der Waals surface area contributed by atoms with Crippen molar-refractivity contribution in [3.63, 3.8) is 0 Å². The Morgan fingerprint density at radius 2 is 0.688 bits per heavy atom. The Morgan fingerprint density at radius 3 is 1.27 bits per heavy atom. The molecule has 10 rings (SSSR count). The molecule has 2 heteroatoms. The second-order valence-corrected chi connectivity index (χ2v) is 14.6. The second-order valence-electron chi connectivity index (χ2n) is 12.5. The van der Waals surface area contributed by atoms with Crippen molar-refractivity contribution in [1.82, 2.24) is 0 Å². The Kier molecular flexibility index (Phi) is 6.33. The van der Waals surface area contributed by atoms with Crippen LogP contribution in [0.1, 0.15) is 0 Å². The highest BCUT2D eigenvalue weighted by Crippen LogP contribution is 2.43. The summed E-state index contributed by atoms with van der Waals surface area (Å²) in [5, 5.41) is 10.5. The predicted octanol–water partition coefficient (Wildman–Crippen LogP) is 14.2. The van der Waals surface area contributed by atoms with Crippen LogP contribution >= 0.6 is 22.7 Å². The fraction of sp³-hybridized carbons (Fsp3) is 0. The first-order chi connectivity index (χ1) is 23.8. The second kappa shape index (κ2) is 11.0. The average Bonchev–Trinajstić information content (AvgIpc) is 3.81. The van der Waals surface area contributed by atoms with E-state index in [2.05, 4.69) is 170 Å². The topological polar surface area (TPSA) is 0 Å². The van der Waals surface area contributed by atoms with Crippen LogP contribution in [0.3, 0.4) is 0 Å². The van der Waals surface area contributed by atoms with Gasteiger partial charge in [-0.25, -0.2) is 0 Å². The zero-order chi connectivity index (χ0) is 31.6. The Labute approximate surface area is 286 Å². The molecule has 224 valence electrons. The standard InChI is InChI=1S/C46H28S2/c1-3-7-29(8-4-1)31-11-15-33(16-12-31)44-27-35-19-20-39-37-21-22-40-38(36(37)23-24-41(39)46(35)48-44)25-26-43-42(40)28-45(47-43)34-17-13-32(14-18-34)30-9-5-2-6-10-30/h1-28H. The molecule has 10 aromatic rings. The van der Waals surface area contributed by atoms with E-state index in [1.165, 1.54) is 95.6 Å². The fourth-order valence-corrected chi connectivity index (χ4v) is 9.53. The van der Waals surface area contributed by atoms with Crippen LogP contribution in [0.25, 0.3) is 95.6 Å². The van der Waals surface area contributed by atoms with Gasteiger partial charge in [-0.05, 0) is 83.9 Å². The van der Waals surface area contributed by atoms with E-state index in [4.69, 9.17) is 0 Å². The number of hydrogen-bond acceptors (Lipinski definition) is 2. The van der Waals surface area contributed by atoms with E-state index >= 15 is 0 Å². The quantitative estimate of drug-likeness (QED) is 0.167. The van der Waals surface area contributed by atoms with Crippen molar-refractivity contribution in [3.05, 3.63) is 170 Å². The third-order valence-electron chi connectivity index (χ3n) is 9.72. The molecule has 8 aromatic carbocycles. The van der Waals surface area contributed by atoms with E-state index in [9.17, 15) is 0 Å². The molecule has 0 unspecified atom stereocenters. The smallest absolute Gasteiger partial charge is 0.0428 e. The van der Waals surface area contributed by atoms with Crippen molar-refractivity contribution >= 4 is 75.2 Å². The van der Waals surface area contributed by atoms with Gasteiger partial charge >= 0.3 is 0 Å².